The first-order valence-electron chi connectivity index (χ1n) is 5.87. The number of anilines is 1. The van der Waals surface area contributed by atoms with Crippen LogP contribution in [0.4, 0.5) is 5.69 Å². The molecule has 1 aliphatic rings. The fourth-order valence-corrected chi connectivity index (χ4v) is 2.37. The Bertz CT molecular complexity index is 439. The molecule has 94 valence electrons. The van der Waals surface area contributed by atoms with Gasteiger partial charge in [-0.15, -0.1) is 0 Å². The van der Waals surface area contributed by atoms with Crippen LogP contribution in [0.5, 0.6) is 0 Å². The Morgan fingerprint density at radius 3 is 2.88 bits per heavy atom. The van der Waals surface area contributed by atoms with E-state index in [4.69, 9.17) is 17.3 Å². The fraction of sp³-hybridized carbons (Fsp3) is 0.636. The van der Waals surface area contributed by atoms with Crippen molar-refractivity contribution in [2.24, 2.45) is 5.73 Å². The molecule has 17 heavy (non-hydrogen) atoms. The van der Waals surface area contributed by atoms with Crippen LogP contribution in [0.1, 0.15) is 32.1 Å². The second kappa shape index (κ2) is 5.06. The van der Waals surface area contributed by atoms with Gasteiger partial charge in [0.05, 0.1) is 11.9 Å². The summed E-state index contributed by atoms with van der Waals surface area (Å²) in [6.07, 6.45) is 7.11. The van der Waals surface area contributed by atoms with Crippen LogP contribution in [-0.4, -0.2) is 22.3 Å². The van der Waals surface area contributed by atoms with Crippen molar-refractivity contribution in [1.29, 1.82) is 0 Å². The number of hydrogen-bond acceptors (Lipinski definition) is 4. The van der Waals surface area contributed by atoms with Crippen molar-refractivity contribution < 1.29 is 0 Å². The maximum absolute atomic E-state index is 11.2. The van der Waals surface area contributed by atoms with E-state index < -0.39 is 0 Å². The molecule has 4 N–H and O–H groups in total. The summed E-state index contributed by atoms with van der Waals surface area (Å²) in [4.78, 5) is 11.2. The minimum Gasteiger partial charge on any atom is -0.381 e. The first-order chi connectivity index (χ1) is 8.11. The van der Waals surface area contributed by atoms with Crippen molar-refractivity contribution in [3.63, 3.8) is 0 Å². The lowest BCUT2D eigenvalue weighted by molar-refractivity contribution is 0.311. The van der Waals surface area contributed by atoms with Gasteiger partial charge in [0.2, 0.25) is 0 Å². The molecule has 6 heteroatoms. The average Bonchev–Trinajstić information content (AvgIpc) is 2.32. The van der Waals surface area contributed by atoms with Gasteiger partial charge in [-0.2, -0.15) is 5.10 Å². The monoisotopic (exact) mass is 256 g/mol. The molecule has 0 aromatic carbocycles. The van der Waals surface area contributed by atoms with E-state index in [0.717, 1.165) is 12.8 Å². The molecule has 0 atom stereocenters. The molecule has 0 saturated heterocycles. The Balaban J connectivity index is 2.02. The second-order valence-corrected chi connectivity index (χ2v) is 5.08. The molecule has 1 aromatic heterocycles. The largest absolute Gasteiger partial charge is 0.381 e. The summed E-state index contributed by atoms with van der Waals surface area (Å²) in [5.41, 5.74) is 6.26. The molecule has 0 unspecified atom stereocenters. The highest BCUT2D eigenvalue weighted by molar-refractivity contribution is 6.32. The summed E-state index contributed by atoms with van der Waals surface area (Å²) in [6, 6.07) is 0. The Labute approximate surface area is 105 Å². The van der Waals surface area contributed by atoms with Gasteiger partial charge in [-0.1, -0.05) is 30.9 Å². The predicted octanol–water partition coefficient (Wildman–Crippen LogP) is 1.50. The molecule has 0 aliphatic heterocycles. The molecular weight excluding hydrogens is 240 g/mol. The van der Waals surface area contributed by atoms with E-state index in [0.29, 0.717) is 12.2 Å². The number of nitrogens with one attached hydrogen (secondary N) is 2. The Hall–Kier alpha value is -1.07. The van der Waals surface area contributed by atoms with E-state index in [9.17, 15) is 4.79 Å². The zero-order chi connectivity index (χ0) is 12.3. The van der Waals surface area contributed by atoms with Crippen LogP contribution in [0.2, 0.25) is 5.02 Å². The molecule has 1 aliphatic carbocycles. The minimum absolute atomic E-state index is 0.138. The van der Waals surface area contributed by atoms with Crippen LogP contribution in [0, 0.1) is 0 Å². The minimum atomic E-state index is -0.383. The van der Waals surface area contributed by atoms with Crippen LogP contribution >= 0.6 is 11.6 Å². The highest BCUT2D eigenvalue weighted by atomic mass is 35.5. The van der Waals surface area contributed by atoms with Crippen LogP contribution in [0.3, 0.4) is 0 Å². The normalized spacial score (nSPS) is 18.9. The van der Waals surface area contributed by atoms with E-state index in [1.807, 2.05) is 0 Å². The third-order valence-electron chi connectivity index (χ3n) is 3.28. The van der Waals surface area contributed by atoms with Crippen LogP contribution < -0.4 is 16.6 Å². The van der Waals surface area contributed by atoms with E-state index in [1.54, 1.807) is 0 Å². The first kappa shape index (κ1) is 12.4. The predicted molar refractivity (Wildman–Crippen MR) is 68.4 cm³/mol. The van der Waals surface area contributed by atoms with Gasteiger partial charge in [0.15, 0.2) is 0 Å². The number of aromatic nitrogens is 2. The molecule has 0 bridgehead atoms. The van der Waals surface area contributed by atoms with Crippen LogP contribution in [-0.2, 0) is 0 Å². The van der Waals surface area contributed by atoms with Gasteiger partial charge in [0.25, 0.3) is 5.56 Å². The molecule has 5 nitrogen and oxygen atoms in total. The zero-order valence-corrected chi connectivity index (χ0v) is 10.4. The molecular formula is C11H17ClN4O. The molecule has 0 radical (unpaired) electrons. The maximum atomic E-state index is 11.2. The maximum Gasteiger partial charge on any atom is 0.285 e. The second-order valence-electron chi connectivity index (χ2n) is 4.70. The Kier molecular flexibility index (Phi) is 3.69. The summed E-state index contributed by atoms with van der Waals surface area (Å²) < 4.78 is 0. The number of hydrogen-bond donors (Lipinski definition) is 3. The van der Waals surface area contributed by atoms with Gasteiger partial charge < -0.3 is 11.1 Å². The van der Waals surface area contributed by atoms with Crippen molar-refractivity contribution in [2.45, 2.75) is 37.6 Å². The Morgan fingerprint density at radius 1 is 1.47 bits per heavy atom. The van der Waals surface area contributed by atoms with Gasteiger partial charge in [-0.05, 0) is 12.8 Å². The summed E-state index contributed by atoms with van der Waals surface area (Å²) in [5, 5.41) is 9.25. The molecule has 1 fully saturated rings. The van der Waals surface area contributed by atoms with Gasteiger partial charge in [-0.25, -0.2) is 5.10 Å². The van der Waals surface area contributed by atoms with E-state index in [2.05, 4.69) is 15.5 Å². The van der Waals surface area contributed by atoms with Crippen molar-refractivity contribution in [3.8, 4) is 0 Å². The highest BCUT2D eigenvalue weighted by Crippen LogP contribution is 2.26. The molecule has 1 heterocycles. The van der Waals surface area contributed by atoms with E-state index in [-0.39, 0.29) is 16.1 Å². The number of rotatable bonds is 3. The average molecular weight is 257 g/mol. The number of nitrogens with two attached hydrogens (primary N) is 1. The van der Waals surface area contributed by atoms with E-state index >= 15 is 0 Å². The summed E-state index contributed by atoms with van der Waals surface area (Å²) >= 11 is 5.87. The lowest BCUT2D eigenvalue weighted by atomic mass is 9.82. The molecule has 1 saturated carbocycles. The van der Waals surface area contributed by atoms with Crippen LogP contribution in [0.25, 0.3) is 0 Å². The van der Waals surface area contributed by atoms with Gasteiger partial charge in [0.1, 0.15) is 5.02 Å². The van der Waals surface area contributed by atoms with Crippen molar-refractivity contribution in [1.82, 2.24) is 10.2 Å². The zero-order valence-electron chi connectivity index (χ0n) is 9.63. The lowest BCUT2D eigenvalue weighted by Crippen LogP contribution is -2.47. The topological polar surface area (TPSA) is 83.8 Å². The third kappa shape index (κ3) is 2.98. The summed E-state index contributed by atoms with van der Waals surface area (Å²) in [5.74, 6) is 0. The molecule has 1 aromatic rings. The number of aromatic amines is 1. The highest BCUT2D eigenvalue weighted by Gasteiger charge is 2.27. The van der Waals surface area contributed by atoms with Gasteiger partial charge >= 0.3 is 0 Å². The SMILES string of the molecule is NC1(CNc2cn[nH]c(=O)c2Cl)CCCCC1. The molecule has 0 spiro atoms. The van der Waals surface area contributed by atoms with E-state index in [1.165, 1.54) is 25.5 Å². The van der Waals surface area contributed by atoms with Gasteiger partial charge in [-0.3, -0.25) is 4.79 Å². The molecule has 0 amide bonds. The first-order valence-corrected chi connectivity index (χ1v) is 6.24. The van der Waals surface area contributed by atoms with Crippen molar-refractivity contribution in [3.05, 3.63) is 21.6 Å². The lowest BCUT2D eigenvalue weighted by Gasteiger charge is -2.33. The van der Waals surface area contributed by atoms with Crippen molar-refractivity contribution in [2.75, 3.05) is 11.9 Å². The fourth-order valence-electron chi connectivity index (χ4n) is 2.21. The third-order valence-corrected chi connectivity index (χ3v) is 3.65. The quantitative estimate of drug-likeness (QED) is 0.765. The Morgan fingerprint density at radius 2 is 2.18 bits per heavy atom. The molecule has 2 rings (SSSR count). The van der Waals surface area contributed by atoms with Gasteiger partial charge in [0, 0.05) is 12.1 Å². The summed E-state index contributed by atoms with van der Waals surface area (Å²) in [6.45, 7) is 0.623. The number of halogens is 1. The number of nitrogens with zero attached hydrogens (tertiary/aromatic N) is 1. The van der Waals surface area contributed by atoms with Crippen molar-refractivity contribution >= 4 is 17.3 Å². The summed E-state index contributed by atoms with van der Waals surface area (Å²) in [7, 11) is 0. The standard InChI is InChI=1S/C11H17ClN4O/c12-9-8(6-15-16-10(9)17)14-7-11(13)4-2-1-3-5-11/h6H,1-5,7,13H2,(H2,14,16,17). The number of H-pyrrole nitrogens is 1. The van der Waals surface area contributed by atoms with Crippen LogP contribution in [0.15, 0.2) is 11.0 Å². The smallest absolute Gasteiger partial charge is 0.285 e.